The number of nitrogens with one attached hydrogen (secondary N) is 1. The van der Waals surface area contributed by atoms with Crippen LogP contribution in [0.25, 0.3) is 72.8 Å². The number of halogens is 4. The van der Waals surface area contributed by atoms with Crippen molar-refractivity contribution in [3.63, 3.8) is 0 Å². The summed E-state index contributed by atoms with van der Waals surface area (Å²) >= 11 is 0. The molecule has 4 aliphatic heterocycles. The predicted octanol–water partition coefficient (Wildman–Crippen LogP) is 11.9. The summed E-state index contributed by atoms with van der Waals surface area (Å²) in [6, 6.07) is 13.0. The molecular weight excluding hydrogens is 1180 g/mol. The van der Waals surface area contributed by atoms with Gasteiger partial charge in [-0.15, -0.1) is 0 Å². The van der Waals surface area contributed by atoms with Crippen molar-refractivity contribution in [1.29, 1.82) is 0 Å². The molecule has 2 fully saturated rings. The first-order chi connectivity index (χ1) is 44.0. The lowest BCUT2D eigenvalue weighted by atomic mass is 9.89. The number of Topliss-reactive ketones (excluding diaryl/α,β-unsaturated/α-hetero) is 1. The third-order valence-corrected chi connectivity index (χ3v) is 18.9. The molecule has 1 amide bonds. The highest BCUT2D eigenvalue weighted by atomic mass is 19.1. The van der Waals surface area contributed by atoms with Gasteiger partial charge in [0.1, 0.15) is 46.0 Å². The number of hydrogen-bond donors (Lipinski definition) is 1. The van der Waals surface area contributed by atoms with Gasteiger partial charge in [-0.25, -0.2) is 27.5 Å². The number of pyridine rings is 7. The first-order valence-corrected chi connectivity index (χ1v) is 31.2. The minimum absolute atomic E-state index is 0.00446. The summed E-state index contributed by atoms with van der Waals surface area (Å²) in [7, 11) is 3.72. The van der Waals surface area contributed by atoms with Crippen LogP contribution < -0.4 is 36.3 Å². The van der Waals surface area contributed by atoms with Crippen LogP contribution in [0.2, 0.25) is 0 Å². The fourth-order valence-electron chi connectivity index (χ4n) is 14.6. The molecule has 0 radical (unpaired) electrons. The Morgan fingerprint density at radius 3 is 1.75 bits per heavy atom. The Bertz CT molecular complexity index is 4860. The highest BCUT2D eigenvalue weighted by Gasteiger charge is 2.43. The topological polar surface area (TPSA) is 179 Å². The summed E-state index contributed by atoms with van der Waals surface area (Å²) in [5.74, 6) is -3.43. The standard InChI is InChI=1S/C37H36F2N6O3.C34H34F2N6O2/c1-7-28(47)43-18-23-17-42(6)35-34(44(23)16-21(43)5)24-15-26(39)32(30-25(38)12-11-22-9-8-10-27(46)29(22)30)41-36(24)45(37(35)48)33-20(4)13-14-40-31(33)19(2)3;1-17(2)27-29(19(4)10-12-37-27)42-32-22(30-31(34(42)44)40(5)16-21-8-6-18(3)15-41(21)30)14-24(36)28(39-32)26-23(35)9-7-20-11-13-38-33(43)25(20)26/h7-9,11-15,19,21,23H,1,10,16-18H2,2-6H3;7,9-14,17-18,21H,6,8,15-16H2,1-5H3,(H,38,43)/t21-,23+;18-,21+/m10/s1. The molecule has 5 aliphatic rings. The first-order valence-electron chi connectivity index (χ1n) is 31.2. The zero-order valence-electron chi connectivity index (χ0n) is 53.0. The van der Waals surface area contributed by atoms with Crippen LogP contribution in [-0.4, -0.2) is 116 Å². The summed E-state index contributed by atoms with van der Waals surface area (Å²) in [4.78, 5) is 99.9. The maximum absolute atomic E-state index is 16.6. The van der Waals surface area contributed by atoms with E-state index in [1.165, 1.54) is 57.8 Å². The fraction of sp³-hybridized carbons (Fsp3) is 0.338. The number of piperazine rings is 1. The van der Waals surface area contributed by atoms with Gasteiger partial charge in [-0.3, -0.25) is 43.1 Å². The van der Waals surface area contributed by atoms with Gasteiger partial charge in [0.05, 0.1) is 56.7 Å². The maximum Gasteiger partial charge on any atom is 0.282 e. The average Bonchev–Trinajstić information content (AvgIpc) is 0.717. The number of aryl methyl sites for hydroxylation is 2. The number of piperidine rings is 1. The Morgan fingerprint density at radius 2 is 1.17 bits per heavy atom. The predicted molar refractivity (Wildman–Crippen MR) is 353 cm³/mol. The average molecular weight is 1250 g/mol. The van der Waals surface area contributed by atoms with E-state index in [1.807, 2.05) is 78.4 Å². The van der Waals surface area contributed by atoms with E-state index < -0.39 is 28.8 Å². The number of carbonyl (C=O) groups excluding carboxylic acids is 2. The summed E-state index contributed by atoms with van der Waals surface area (Å²) in [6.07, 6.45) is 11.6. The van der Waals surface area contributed by atoms with Crippen molar-refractivity contribution in [2.24, 2.45) is 5.92 Å². The SMILES string of the molecule is C=CC(=O)N1C[C@@H]2CN(C)c3c(c4cc(F)c(-c5c(F)ccc6c5C(=O)CC=C6)nc4n(-c4c(C)ccnc4C(C)C)c3=O)N2C[C@H]1C.Cc1ccnc(C(C)C)c1-n1c(=O)c2c(c3cc(F)c(-c4c(F)ccc5cc[nH]c(=O)c45)nc31)N1C[C@@H](C)CC[C@@H]1CN2C. The number of allylic oxidation sites excluding steroid dienone is 1. The van der Waals surface area contributed by atoms with Crippen LogP contribution in [0, 0.1) is 43.0 Å². The number of amides is 1. The van der Waals surface area contributed by atoms with E-state index in [4.69, 9.17) is 9.97 Å². The van der Waals surface area contributed by atoms with Crippen LogP contribution in [0.15, 0.2) is 106 Å². The smallest absolute Gasteiger partial charge is 0.282 e. The summed E-state index contributed by atoms with van der Waals surface area (Å²) < 4.78 is 67.5. The van der Waals surface area contributed by atoms with Crippen LogP contribution in [0.4, 0.5) is 40.3 Å². The van der Waals surface area contributed by atoms with E-state index in [9.17, 15) is 24.0 Å². The lowest BCUT2D eigenvalue weighted by Crippen LogP contribution is -2.64. The highest BCUT2D eigenvalue weighted by Crippen LogP contribution is 2.47. The molecule has 4 atom stereocenters. The number of anilines is 4. The van der Waals surface area contributed by atoms with Crippen molar-refractivity contribution in [2.45, 2.75) is 105 Å². The van der Waals surface area contributed by atoms with E-state index in [-0.39, 0.29) is 104 Å². The number of rotatable bonds is 7. The molecule has 0 saturated carbocycles. The Hall–Kier alpha value is -9.79. The monoisotopic (exact) mass is 1250 g/mol. The van der Waals surface area contributed by atoms with E-state index >= 15 is 17.6 Å². The summed E-state index contributed by atoms with van der Waals surface area (Å²) in [6.45, 7) is 22.1. The van der Waals surface area contributed by atoms with Gasteiger partial charge in [0.15, 0.2) is 17.1 Å². The number of likely N-dealkylation sites (N-methyl/N-ethyl adjacent to an activating group) is 2. The Balaban J connectivity index is 0.000000169. The molecule has 7 aromatic heterocycles. The number of ketones is 1. The molecule has 11 heterocycles. The van der Waals surface area contributed by atoms with Crippen molar-refractivity contribution in [3.8, 4) is 33.9 Å². The van der Waals surface area contributed by atoms with E-state index in [1.54, 1.807) is 41.6 Å². The molecule has 0 bridgehead atoms. The lowest BCUT2D eigenvalue weighted by Gasteiger charge is -2.51. The van der Waals surface area contributed by atoms with Gasteiger partial charge in [-0.05, 0) is 122 Å². The van der Waals surface area contributed by atoms with Gasteiger partial charge in [-0.2, -0.15) is 0 Å². The fourth-order valence-corrected chi connectivity index (χ4v) is 14.6. The Labute approximate surface area is 528 Å². The number of aromatic amines is 1. The molecule has 21 heteroatoms. The first kappa shape index (κ1) is 61.1. The van der Waals surface area contributed by atoms with Gasteiger partial charge in [0.25, 0.3) is 16.7 Å². The minimum atomic E-state index is -0.824. The van der Waals surface area contributed by atoms with Crippen LogP contribution in [0.5, 0.6) is 0 Å². The van der Waals surface area contributed by atoms with Crippen molar-refractivity contribution >= 4 is 73.4 Å². The third kappa shape index (κ3) is 9.75. The second-order valence-corrected chi connectivity index (χ2v) is 25.8. The van der Waals surface area contributed by atoms with Crippen molar-refractivity contribution in [3.05, 3.63) is 180 Å². The van der Waals surface area contributed by atoms with Crippen molar-refractivity contribution in [1.82, 2.24) is 39.0 Å². The lowest BCUT2D eigenvalue weighted by molar-refractivity contribution is -0.128. The van der Waals surface area contributed by atoms with Gasteiger partial charge in [-0.1, -0.05) is 65.5 Å². The largest absolute Gasteiger partial charge is 0.366 e. The zero-order valence-corrected chi connectivity index (χ0v) is 53.0. The van der Waals surface area contributed by atoms with Gasteiger partial charge < -0.3 is 29.5 Å². The van der Waals surface area contributed by atoms with Gasteiger partial charge in [0, 0.05) is 100 Å². The van der Waals surface area contributed by atoms with Gasteiger partial charge >= 0.3 is 0 Å². The molecule has 17 nitrogen and oxygen atoms in total. The summed E-state index contributed by atoms with van der Waals surface area (Å²) in [5, 5.41) is 1.26. The number of aromatic nitrogens is 7. The van der Waals surface area contributed by atoms with E-state index in [0.717, 1.165) is 30.5 Å². The van der Waals surface area contributed by atoms with Crippen molar-refractivity contribution in [2.75, 3.05) is 66.4 Å². The van der Waals surface area contributed by atoms with Gasteiger partial charge in [0.2, 0.25) is 5.91 Å². The molecule has 472 valence electrons. The second-order valence-electron chi connectivity index (χ2n) is 25.8. The normalized spacial score (nSPS) is 18.5. The Kier molecular flexibility index (Phi) is 15.4. The molecule has 1 aliphatic carbocycles. The van der Waals surface area contributed by atoms with Crippen molar-refractivity contribution < 1.29 is 27.2 Å². The third-order valence-electron chi connectivity index (χ3n) is 18.9. The molecule has 92 heavy (non-hydrogen) atoms. The van der Waals surface area contributed by atoms with E-state index in [2.05, 4.69) is 38.3 Å². The molecule has 1 N–H and O–H groups in total. The quantitative estimate of drug-likeness (QED) is 0.118. The summed E-state index contributed by atoms with van der Waals surface area (Å²) in [5.41, 5.74) is 4.45. The van der Waals surface area contributed by atoms with E-state index in [0.29, 0.717) is 99.3 Å². The number of carbonyl (C=O) groups is 2. The maximum atomic E-state index is 16.6. The molecule has 0 spiro atoms. The second kappa shape index (κ2) is 23.2. The number of hydrogen-bond acceptors (Lipinski definition) is 13. The van der Waals surface area contributed by atoms with Crippen LogP contribution in [-0.2, 0) is 4.79 Å². The molecule has 9 aromatic rings. The zero-order chi connectivity index (χ0) is 65.2. The Morgan fingerprint density at radius 1 is 0.630 bits per heavy atom. The van der Waals surface area contributed by atoms with Crippen LogP contribution in [0.3, 0.4) is 0 Å². The van der Waals surface area contributed by atoms with Crippen LogP contribution >= 0.6 is 0 Å². The molecule has 0 unspecified atom stereocenters. The number of benzene rings is 2. The molecular formula is C71H70F4N12O5. The molecule has 14 rings (SSSR count). The molecule has 2 saturated heterocycles. The number of nitrogens with zero attached hydrogens (tertiary/aromatic N) is 11. The van der Waals surface area contributed by atoms with Crippen LogP contribution in [0.1, 0.15) is 111 Å². The highest BCUT2D eigenvalue weighted by molar-refractivity contribution is 6.09. The minimum Gasteiger partial charge on any atom is -0.366 e. The molecule has 2 aromatic carbocycles. The number of H-pyrrole nitrogens is 1. The number of fused-ring (bicyclic) bond motifs is 12.